The minimum Gasteiger partial charge on any atom is -0.472 e. The Morgan fingerprint density at radius 1 is 1.03 bits per heavy atom. The summed E-state index contributed by atoms with van der Waals surface area (Å²) in [6.45, 7) is 0.0525. The number of primary amides is 1. The average Bonchev–Trinajstić information content (AvgIpc) is 3.49. The molecule has 1 aliphatic rings. The van der Waals surface area contributed by atoms with Gasteiger partial charge in [-0.25, -0.2) is 0 Å². The third-order valence-corrected chi connectivity index (χ3v) is 6.00. The monoisotopic (exact) mass is 461 g/mol. The van der Waals surface area contributed by atoms with E-state index in [0.29, 0.717) is 5.56 Å². The number of hydrogen-bond donors (Lipinski definition) is 3. The molecule has 34 heavy (non-hydrogen) atoms. The number of hydrogen-bond acceptors (Lipinski definition) is 5. The van der Waals surface area contributed by atoms with Gasteiger partial charge in [-0.05, 0) is 28.3 Å². The molecule has 0 spiro atoms. The Labute approximate surface area is 197 Å². The summed E-state index contributed by atoms with van der Waals surface area (Å²) in [5.41, 5.74) is 9.20. The van der Waals surface area contributed by atoms with Gasteiger partial charge in [-0.2, -0.15) is 0 Å². The molecule has 3 amide bonds. The van der Waals surface area contributed by atoms with Crippen LogP contribution in [-0.4, -0.2) is 52.5 Å². The van der Waals surface area contributed by atoms with Crippen molar-refractivity contribution in [1.29, 1.82) is 0 Å². The molecule has 4 N–H and O–H groups in total. The molecule has 0 aliphatic carbocycles. The van der Waals surface area contributed by atoms with Crippen LogP contribution in [0.2, 0.25) is 0 Å². The number of aliphatic hydroxyl groups excluding tert-OH is 1. The van der Waals surface area contributed by atoms with Gasteiger partial charge >= 0.3 is 0 Å². The van der Waals surface area contributed by atoms with Gasteiger partial charge in [-0.1, -0.05) is 54.6 Å². The second-order valence-corrected chi connectivity index (χ2v) is 8.49. The Morgan fingerprint density at radius 3 is 2.38 bits per heavy atom. The predicted octanol–water partition coefficient (Wildman–Crippen LogP) is 1.66. The number of carbonyl (C=O) groups excluding carboxylic acids is 3. The van der Waals surface area contributed by atoms with Gasteiger partial charge in [0.1, 0.15) is 12.1 Å². The summed E-state index contributed by atoms with van der Waals surface area (Å²) in [6, 6.07) is 17.4. The third-order valence-electron chi connectivity index (χ3n) is 6.00. The van der Waals surface area contributed by atoms with Crippen LogP contribution in [0, 0.1) is 0 Å². The van der Waals surface area contributed by atoms with Crippen molar-refractivity contribution in [2.24, 2.45) is 5.73 Å². The highest BCUT2D eigenvalue weighted by Gasteiger charge is 2.39. The van der Waals surface area contributed by atoms with E-state index in [0.717, 1.165) is 16.7 Å². The molecular weight excluding hydrogens is 434 g/mol. The van der Waals surface area contributed by atoms with Crippen molar-refractivity contribution in [1.82, 2.24) is 10.2 Å². The van der Waals surface area contributed by atoms with Crippen molar-refractivity contribution in [2.45, 2.75) is 37.5 Å². The quantitative estimate of drug-likeness (QED) is 0.470. The Morgan fingerprint density at radius 2 is 1.74 bits per heavy atom. The van der Waals surface area contributed by atoms with Crippen molar-refractivity contribution < 1.29 is 23.9 Å². The molecule has 1 aliphatic heterocycles. The van der Waals surface area contributed by atoms with Crippen LogP contribution >= 0.6 is 0 Å². The lowest BCUT2D eigenvalue weighted by molar-refractivity contribution is -0.138. The molecule has 4 rings (SSSR count). The number of rotatable bonds is 8. The van der Waals surface area contributed by atoms with Crippen molar-refractivity contribution >= 4 is 17.7 Å². The van der Waals surface area contributed by atoms with Gasteiger partial charge in [0.25, 0.3) is 0 Å². The molecule has 176 valence electrons. The van der Waals surface area contributed by atoms with Crippen LogP contribution in [-0.2, 0) is 27.2 Å². The SMILES string of the molecule is NC(=O)[C@@H](Cc1ccc(-c2ccccc2)cc1)NC(=O)[C@@H]1C[C@@H](O)CN1C(=O)Cc1ccoc1. The lowest BCUT2D eigenvalue weighted by Gasteiger charge is -2.25. The van der Waals surface area contributed by atoms with Crippen LogP contribution in [0.25, 0.3) is 11.1 Å². The maximum atomic E-state index is 13.0. The maximum Gasteiger partial charge on any atom is 0.243 e. The van der Waals surface area contributed by atoms with Gasteiger partial charge in [-0.15, -0.1) is 0 Å². The van der Waals surface area contributed by atoms with Crippen molar-refractivity contribution in [3.8, 4) is 11.1 Å². The Hall–Kier alpha value is -3.91. The third kappa shape index (κ3) is 5.52. The lowest BCUT2D eigenvalue weighted by atomic mass is 10.00. The van der Waals surface area contributed by atoms with E-state index in [1.165, 1.54) is 17.4 Å². The first-order valence-electron chi connectivity index (χ1n) is 11.1. The van der Waals surface area contributed by atoms with Crippen LogP contribution in [0.1, 0.15) is 17.5 Å². The molecule has 0 radical (unpaired) electrons. The summed E-state index contributed by atoms with van der Waals surface area (Å²) in [7, 11) is 0. The van der Waals surface area contributed by atoms with Crippen molar-refractivity contribution in [3.05, 3.63) is 84.3 Å². The Balaban J connectivity index is 1.42. The van der Waals surface area contributed by atoms with Gasteiger partial charge in [-0.3, -0.25) is 14.4 Å². The Bertz CT molecular complexity index is 1130. The summed E-state index contributed by atoms with van der Waals surface area (Å²) in [5, 5.41) is 12.8. The molecule has 3 atom stereocenters. The number of nitrogens with two attached hydrogens (primary N) is 1. The lowest BCUT2D eigenvalue weighted by Crippen LogP contribution is -2.53. The highest BCUT2D eigenvalue weighted by atomic mass is 16.3. The largest absolute Gasteiger partial charge is 0.472 e. The fourth-order valence-corrected chi connectivity index (χ4v) is 4.20. The van der Waals surface area contributed by atoms with Gasteiger partial charge in [0.05, 0.1) is 25.1 Å². The molecule has 0 unspecified atom stereocenters. The van der Waals surface area contributed by atoms with Crippen molar-refractivity contribution in [2.75, 3.05) is 6.54 Å². The second-order valence-electron chi connectivity index (χ2n) is 8.49. The minimum absolute atomic E-state index is 0.0525. The summed E-state index contributed by atoms with van der Waals surface area (Å²) in [6.07, 6.45) is 2.48. The molecular formula is C26H27N3O5. The summed E-state index contributed by atoms with van der Waals surface area (Å²) in [4.78, 5) is 39.2. The number of β-amino-alcohol motifs (C(OH)–C–C–N with tert-alkyl or cyclic N) is 1. The zero-order valence-corrected chi connectivity index (χ0v) is 18.6. The average molecular weight is 462 g/mol. The molecule has 8 nitrogen and oxygen atoms in total. The van der Waals surface area contributed by atoms with Crippen LogP contribution in [0.3, 0.4) is 0 Å². The zero-order chi connectivity index (χ0) is 24.1. The smallest absolute Gasteiger partial charge is 0.243 e. The molecule has 2 heterocycles. The number of amides is 3. The van der Waals surface area contributed by atoms with E-state index in [4.69, 9.17) is 10.2 Å². The van der Waals surface area contributed by atoms with Crippen molar-refractivity contribution in [3.63, 3.8) is 0 Å². The summed E-state index contributed by atoms with van der Waals surface area (Å²) < 4.78 is 4.99. The number of aliphatic hydroxyl groups is 1. The second kappa shape index (κ2) is 10.4. The first-order chi connectivity index (χ1) is 16.4. The van der Waals surface area contributed by atoms with Gasteiger partial charge < -0.3 is 25.5 Å². The fraction of sp³-hybridized carbons (Fsp3) is 0.269. The number of furan rings is 1. The first kappa shape index (κ1) is 23.3. The van der Waals surface area contributed by atoms with E-state index in [1.54, 1.807) is 6.07 Å². The normalized spacial score (nSPS) is 18.4. The van der Waals surface area contributed by atoms with E-state index in [9.17, 15) is 19.5 Å². The number of nitrogens with zero attached hydrogens (tertiary/aromatic N) is 1. The molecule has 1 saturated heterocycles. The molecule has 2 aromatic carbocycles. The number of benzene rings is 2. The van der Waals surface area contributed by atoms with Gasteiger partial charge in [0, 0.05) is 19.4 Å². The molecule has 3 aromatic rings. The molecule has 1 fully saturated rings. The van der Waals surface area contributed by atoms with Gasteiger partial charge in [0.15, 0.2) is 0 Å². The van der Waals surface area contributed by atoms with Crippen LogP contribution in [0.4, 0.5) is 0 Å². The van der Waals surface area contributed by atoms with E-state index in [-0.39, 0.29) is 31.7 Å². The molecule has 0 bridgehead atoms. The molecule has 1 aromatic heterocycles. The number of likely N-dealkylation sites (tertiary alicyclic amines) is 1. The fourth-order valence-electron chi connectivity index (χ4n) is 4.20. The molecule has 8 heteroatoms. The summed E-state index contributed by atoms with van der Waals surface area (Å²) >= 11 is 0. The molecule has 0 saturated carbocycles. The predicted molar refractivity (Wildman–Crippen MR) is 125 cm³/mol. The van der Waals surface area contributed by atoms with Gasteiger partial charge in [0.2, 0.25) is 17.7 Å². The maximum absolute atomic E-state index is 13.0. The van der Waals surface area contributed by atoms with E-state index >= 15 is 0 Å². The van der Waals surface area contributed by atoms with E-state index in [1.807, 2.05) is 54.6 Å². The minimum atomic E-state index is -0.946. The Kier molecular flexibility index (Phi) is 7.08. The zero-order valence-electron chi connectivity index (χ0n) is 18.6. The standard InChI is InChI=1S/C26H27N3O5/c27-25(32)22(12-17-6-8-20(9-7-17)19-4-2-1-3-5-19)28-26(33)23-14-21(30)15-29(23)24(31)13-18-10-11-34-16-18/h1-11,16,21-23,30H,12-15H2,(H2,27,32)(H,28,33)/t21-,22-,23+/m1/s1. The summed E-state index contributed by atoms with van der Waals surface area (Å²) in [5.74, 6) is -1.48. The first-order valence-corrected chi connectivity index (χ1v) is 11.1. The highest BCUT2D eigenvalue weighted by molar-refractivity contribution is 5.92. The number of carbonyl (C=O) groups is 3. The van der Waals surface area contributed by atoms with Crippen LogP contribution in [0.15, 0.2) is 77.6 Å². The van der Waals surface area contributed by atoms with E-state index < -0.39 is 30.0 Å². The number of nitrogens with one attached hydrogen (secondary N) is 1. The highest BCUT2D eigenvalue weighted by Crippen LogP contribution is 2.22. The van der Waals surface area contributed by atoms with Crippen LogP contribution in [0.5, 0.6) is 0 Å². The topological polar surface area (TPSA) is 126 Å². The van der Waals surface area contributed by atoms with E-state index in [2.05, 4.69) is 5.32 Å². The van der Waals surface area contributed by atoms with Crippen LogP contribution < -0.4 is 11.1 Å².